The highest BCUT2D eigenvalue weighted by Crippen LogP contribution is 2.08. The minimum atomic E-state index is 0.0731. The van der Waals surface area contributed by atoms with Crippen molar-refractivity contribution in [3.05, 3.63) is 24.3 Å². The number of allylic oxidation sites excluding steroid dienone is 4. The average Bonchev–Trinajstić information content (AvgIpc) is 2.41. The third-order valence-electron chi connectivity index (χ3n) is 3.18. The van der Waals surface area contributed by atoms with Gasteiger partial charge >= 0.3 is 0 Å². The molecule has 0 saturated heterocycles. The Bertz CT molecular complexity index is 313. The molecular weight excluding hydrogens is 248 g/mol. The van der Waals surface area contributed by atoms with Crippen LogP contribution in [0.2, 0.25) is 0 Å². The van der Waals surface area contributed by atoms with Gasteiger partial charge in [-0.2, -0.15) is 0 Å². The van der Waals surface area contributed by atoms with Crippen molar-refractivity contribution in [2.24, 2.45) is 0 Å². The molecule has 0 heterocycles. The fourth-order valence-electron chi connectivity index (χ4n) is 2.00. The summed E-state index contributed by atoms with van der Waals surface area (Å²) in [6, 6.07) is 0. The van der Waals surface area contributed by atoms with Gasteiger partial charge in [0, 0.05) is 6.42 Å². The lowest BCUT2D eigenvalue weighted by atomic mass is 10.1. The lowest BCUT2D eigenvalue weighted by molar-refractivity contribution is -0.115. The second kappa shape index (κ2) is 14.2. The van der Waals surface area contributed by atoms with E-state index in [-0.39, 0.29) is 11.6 Å². The molecule has 0 aliphatic rings. The Morgan fingerprint density at radius 3 is 1.95 bits per heavy atom. The van der Waals surface area contributed by atoms with Gasteiger partial charge in [-0.05, 0) is 38.3 Å². The van der Waals surface area contributed by atoms with E-state index >= 15 is 0 Å². The van der Waals surface area contributed by atoms with Crippen LogP contribution in [0, 0.1) is 0 Å². The zero-order valence-corrected chi connectivity index (χ0v) is 13.2. The first-order valence-electron chi connectivity index (χ1n) is 8.03. The van der Waals surface area contributed by atoms with Crippen LogP contribution in [0.4, 0.5) is 0 Å². The molecule has 0 aliphatic carbocycles. The quantitative estimate of drug-likeness (QED) is 0.344. The van der Waals surface area contributed by atoms with Crippen LogP contribution in [0.1, 0.15) is 78.1 Å². The third kappa shape index (κ3) is 14.9. The van der Waals surface area contributed by atoms with E-state index in [9.17, 15) is 9.59 Å². The number of unbranched alkanes of at least 4 members (excludes halogenated alkanes) is 7. The van der Waals surface area contributed by atoms with Gasteiger partial charge in [-0.15, -0.1) is 0 Å². The third-order valence-corrected chi connectivity index (χ3v) is 3.18. The largest absolute Gasteiger partial charge is 0.295 e. The second-order valence-corrected chi connectivity index (χ2v) is 5.33. The van der Waals surface area contributed by atoms with E-state index in [0.29, 0.717) is 6.42 Å². The van der Waals surface area contributed by atoms with Crippen LogP contribution in [-0.4, -0.2) is 11.6 Å². The van der Waals surface area contributed by atoms with Crippen LogP contribution in [0.25, 0.3) is 0 Å². The van der Waals surface area contributed by atoms with Crippen molar-refractivity contribution in [2.45, 2.75) is 78.1 Å². The van der Waals surface area contributed by atoms with E-state index in [1.165, 1.54) is 45.4 Å². The highest BCUT2D eigenvalue weighted by Gasteiger charge is 1.96. The zero-order chi connectivity index (χ0) is 15.1. The summed E-state index contributed by atoms with van der Waals surface area (Å²) in [5.41, 5.74) is 0. The number of hydrogen-bond acceptors (Lipinski definition) is 2. The number of carbonyl (C=O) groups is 2. The molecule has 2 heteroatoms. The lowest BCUT2D eigenvalue weighted by Crippen LogP contribution is -1.92. The maximum atomic E-state index is 11.6. The molecule has 2 nitrogen and oxygen atoms in total. The molecule has 0 amide bonds. The van der Waals surface area contributed by atoms with Gasteiger partial charge < -0.3 is 0 Å². The van der Waals surface area contributed by atoms with Crippen LogP contribution >= 0.6 is 0 Å². The van der Waals surface area contributed by atoms with Gasteiger partial charge in [0.2, 0.25) is 0 Å². The molecule has 0 aromatic carbocycles. The summed E-state index contributed by atoms with van der Waals surface area (Å²) in [6.07, 6.45) is 18.1. The molecule has 0 rings (SSSR count). The summed E-state index contributed by atoms with van der Waals surface area (Å²) >= 11 is 0. The summed E-state index contributed by atoms with van der Waals surface area (Å²) in [6.45, 7) is 3.76. The van der Waals surface area contributed by atoms with Crippen molar-refractivity contribution in [1.82, 2.24) is 0 Å². The first-order valence-corrected chi connectivity index (χ1v) is 8.03. The Balaban J connectivity index is 3.42. The first-order chi connectivity index (χ1) is 9.66. The van der Waals surface area contributed by atoms with Gasteiger partial charge in [0.05, 0.1) is 0 Å². The zero-order valence-electron chi connectivity index (χ0n) is 13.2. The van der Waals surface area contributed by atoms with Crippen molar-refractivity contribution in [3.63, 3.8) is 0 Å². The van der Waals surface area contributed by atoms with E-state index in [0.717, 1.165) is 19.3 Å². The Kier molecular flexibility index (Phi) is 13.4. The molecule has 0 radical (unpaired) electrons. The fraction of sp³-hybridized carbons (Fsp3) is 0.667. The first kappa shape index (κ1) is 18.8. The molecule has 0 aromatic heterocycles. The minimum Gasteiger partial charge on any atom is -0.295 e. The molecule has 0 atom stereocenters. The molecule has 0 bridgehead atoms. The summed E-state index contributed by atoms with van der Waals surface area (Å²) in [7, 11) is 0. The summed E-state index contributed by atoms with van der Waals surface area (Å²) < 4.78 is 0. The molecule has 114 valence electrons. The van der Waals surface area contributed by atoms with Crippen LogP contribution in [0.15, 0.2) is 24.3 Å². The Morgan fingerprint density at radius 1 is 0.800 bits per heavy atom. The molecule has 0 spiro atoms. The van der Waals surface area contributed by atoms with Crippen LogP contribution < -0.4 is 0 Å². The standard InChI is InChI=1S/C18H30O2/c1-3-4-5-6-7-8-12-15-18(20)16-13-10-9-11-14-17(2)19/h11,13-14,16H,3-10,12,15H2,1-2H3/b14-11+,16-13+. The molecular formula is C18H30O2. The highest BCUT2D eigenvalue weighted by molar-refractivity contribution is 5.89. The van der Waals surface area contributed by atoms with E-state index in [2.05, 4.69) is 6.92 Å². The number of rotatable bonds is 13. The topological polar surface area (TPSA) is 34.1 Å². The molecule has 20 heavy (non-hydrogen) atoms. The van der Waals surface area contributed by atoms with E-state index in [1.807, 2.05) is 12.2 Å². The molecule has 0 unspecified atom stereocenters. The number of hydrogen-bond donors (Lipinski definition) is 0. The van der Waals surface area contributed by atoms with Gasteiger partial charge in [-0.3, -0.25) is 9.59 Å². The van der Waals surface area contributed by atoms with Crippen molar-refractivity contribution in [3.8, 4) is 0 Å². The molecule has 0 N–H and O–H groups in total. The monoisotopic (exact) mass is 278 g/mol. The van der Waals surface area contributed by atoms with Crippen molar-refractivity contribution in [1.29, 1.82) is 0 Å². The molecule has 0 fully saturated rings. The Hall–Kier alpha value is -1.18. The second-order valence-electron chi connectivity index (χ2n) is 5.33. The molecule has 0 aliphatic heterocycles. The Morgan fingerprint density at radius 2 is 1.35 bits per heavy atom. The van der Waals surface area contributed by atoms with Gasteiger partial charge in [0.1, 0.15) is 0 Å². The SMILES string of the molecule is CCCCCCCCCC(=O)/C=C/CC/C=C/C(C)=O. The van der Waals surface area contributed by atoms with Gasteiger partial charge in [-0.25, -0.2) is 0 Å². The highest BCUT2D eigenvalue weighted by atomic mass is 16.1. The molecule has 0 aromatic rings. The van der Waals surface area contributed by atoms with E-state index in [4.69, 9.17) is 0 Å². The normalized spacial score (nSPS) is 11.5. The van der Waals surface area contributed by atoms with E-state index in [1.54, 1.807) is 12.2 Å². The average molecular weight is 278 g/mol. The number of carbonyl (C=O) groups excluding carboxylic acids is 2. The van der Waals surface area contributed by atoms with Crippen LogP contribution in [0.5, 0.6) is 0 Å². The smallest absolute Gasteiger partial charge is 0.155 e. The fourth-order valence-corrected chi connectivity index (χ4v) is 2.00. The van der Waals surface area contributed by atoms with Crippen molar-refractivity contribution < 1.29 is 9.59 Å². The summed E-state index contributed by atoms with van der Waals surface area (Å²) in [4.78, 5) is 22.2. The van der Waals surface area contributed by atoms with Gasteiger partial charge in [0.25, 0.3) is 0 Å². The number of ketones is 2. The van der Waals surface area contributed by atoms with E-state index < -0.39 is 0 Å². The maximum absolute atomic E-state index is 11.6. The summed E-state index contributed by atoms with van der Waals surface area (Å²) in [5.74, 6) is 0.304. The van der Waals surface area contributed by atoms with Crippen LogP contribution in [0.3, 0.4) is 0 Å². The van der Waals surface area contributed by atoms with Crippen molar-refractivity contribution >= 4 is 11.6 Å². The van der Waals surface area contributed by atoms with Gasteiger partial charge in [0.15, 0.2) is 11.6 Å². The predicted octanol–water partition coefficient (Wildman–Crippen LogP) is 5.18. The minimum absolute atomic E-state index is 0.0731. The van der Waals surface area contributed by atoms with Gasteiger partial charge in [-0.1, -0.05) is 57.6 Å². The van der Waals surface area contributed by atoms with Crippen LogP contribution in [-0.2, 0) is 9.59 Å². The molecule has 0 saturated carbocycles. The lowest BCUT2D eigenvalue weighted by Gasteiger charge is -1.99. The Labute approximate surface area is 124 Å². The summed E-state index contributed by atoms with van der Waals surface area (Å²) in [5, 5.41) is 0. The van der Waals surface area contributed by atoms with Crippen molar-refractivity contribution in [2.75, 3.05) is 0 Å². The maximum Gasteiger partial charge on any atom is 0.155 e. The predicted molar refractivity (Wildman–Crippen MR) is 85.8 cm³/mol.